The van der Waals surface area contributed by atoms with Gasteiger partial charge in [0.1, 0.15) is 5.75 Å². The fourth-order valence-corrected chi connectivity index (χ4v) is 3.18. The molecule has 1 aromatic rings. The van der Waals surface area contributed by atoms with E-state index >= 15 is 0 Å². The number of hydrogen-bond acceptors (Lipinski definition) is 4. The van der Waals surface area contributed by atoms with Crippen LogP contribution in [0.4, 0.5) is 8.78 Å². The molecule has 0 bridgehead atoms. The lowest BCUT2D eigenvalue weighted by Gasteiger charge is -2.43. The van der Waals surface area contributed by atoms with Gasteiger partial charge in [0.2, 0.25) is 0 Å². The second-order valence-corrected chi connectivity index (χ2v) is 6.27. The SMILES string of the molecule is COCC[C@]1(O)CCN(Cc2c(OC)ccc(F)c2F)C[C@H]1C. The Labute approximate surface area is 136 Å². The topological polar surface area (TPSA) is 41.9 Å². The molecule has 0 unspecified atom stereocenters. The lowest BCUT2D eigenvalue weighted by atomic mass is 9.80. The monoisotopic (exact) mass is 329 g/mol. The zero-order valence-electron chi connectivity index (χ0n) is 13.9. The summed E-state index contributed by atoms with van der Waals surface area (Å²) in [5.41, 5.74) is -0.543. The average Bonchev–Trinajstić information content (AvgIpc) is 2.54. The molecule has 0 aromatic heterocycles. The van der Waals surface area contributed by atoms with Crippen molar-refractivity contribution in [3.8, 4) is 5.75 Å². The Morgan fingerprint density at radius 3 is 2.70 bits per heavy atom. The molecule has 1 aromatic carbocycles. The molecule has 0 saturated carbocycles. The summed E-state index contributed by atoms with van der Waals surface area (Å²) in [4.78, 5) is 2.02. The third kappa shape index (κ3) is 4.00. The zero-order valence-corrected chi connectivity index (χ0v) is 13.9. The maximum Gasteiger partial charge on any atom is 0.167 e. The van der Waals surface area contributed by atoms with Gasteiger partial charge in [0, 0.05) is 38.9 Å². The van der Waals surface area contributed by atoms with Crippen molar-refractivity contribution in [1.82, 2.24) is 4.90 Å². The molecule has 4 nitrogen and oxygen atoms in total. The maximum absolute atomic E-state index is 14.1. The molecule has 0 radical (unpaired) electrons. The van der Waals surface area contributed by atoms with Crippen LogP contribution in [0.5, 0.6) is 5.75 Å². The number of aliphatic hydroxyl groups is 1. The Morgan fingerprint density at radius 2 is 2.09 bits per heavy atom. The molecule has 1 aliphatic heterocycles. The number of likely N-dealkylation sites (tertiary alicyclic amines) is 1. The Morgan fingerprint density at radius 1 is 1.35 bits per heavy atom. The Hall–Kier alpha value is -1.24. The smallest absolute Gasteiger partial charge is 0.167 e. The summed E-state index contributed by atoms with van der Waals surface area (Å²) in [5.74, 6) is -1.37. The molecule has 23 heavy (non-hydrogen) atoms. The largest absolute Gasteiger partial charge is 0.496 e. The van der Waals surface area contributed by atoms with Crippen molar-refractivity contribution in [2.45, 2.75) is 31.9 Å². The van der Waals surface area contributed by atoms with Crippen LogP contribution in [0.3, 0.4) is 0 Å². The molecular formula is C17H25F2NO3. The molecule has 1 aliphatic rings. The van der Waals surface area contributed by atoms with Crippen LogP contribution in [0, 0.1) is 17.6 Å². The highest BCUT2D eigenvalue weighted by Gasteiger charge is 2.38. The van der Waals surface area contributed by atoms with E-state index in [9.17, 15) is 13.9 Å². The van der Waals surface area contributed by atoms with Crippen LogP contribution in [0.25, 0.3) is 0 Å². The van der Waals surface area contributed by atoms with Gasteiger partial charge in [-0.1, -0.05) is 6.92 Å². The average molecular weight is 329 g/mol. The van der Waals surface area contributed by atoms with E-state index in [1.165, 1.54) is 13.2 Å². The Balaban J connectivity index is 2.08. The van der Waals surface area contributed by atoms with Gasteiger partial charge in [0.15, 0.2) is 11.6 Å². The van der Waals surface area contributed by atoms with Crippen molar-refractivity contribution < 1.29 is 23.4 Å². The normalized spacial score (nSPS) is 25.6. The van der Waals surface area contributed by atoms with Crippen LogP contribution in [0.15, 0.2) is 12.1 Å². The van der Waals surface area contributed by atoms with Gasteiger partial charge in [-0.15, -0.1) is 0 Å². The van der Waals surface area contributed by atoms with Crippen LogP contribution in [-0.2, 0) is 11.3 Å². The van der Waals surface area contributed by atoms with E-state index in [1.807, 2.05) is 11.8 Å². The number of ether oxygens (including phenoxy) is 2. The molecule has 6 heteroatoms. The highest BCUT2D eigenvalue weighted by Crippen LogP contribution is 2.33. The van der Waals surface area contributed by atoms with Crippen molar-refractivity contribution in [3.63, 3.8) is 0 Å². The highest BCUT2D eigenvalue weighted by atomic mass is 19.2. The lowest BCUT2D eigenvalue weighted by molar-refractivity contribution is -0.0829. The van der Waals surface area contributed by atoms with E-state index in [0.29, 0.717) is 38.3 Å². The molecule has 2 atom stereocenters. The van der Waals surface area contributed by atoms with Gasteiger partial charge < -0.3 is 14.6 Å². The summed E-state index contributed by atoms with van der Waals surface area (Å²) < 4.78 is 37.8. The molecule has 0 amide bonds. The highest BCUT2D eigenvalue weighted by molar-refractivity contribution is 5.35. The van der Waals surface area contributed by atoms with Crippen molar-refractivity contribution in [1.29, 1.82) is 0 Å². The van der Waals surface area contributed by atoms with E-state index in [0.717, 1.165) is 6.07 Å². The van der Waals surface area contributed by atoms with Gasteiger partial charge in [0.05, 0.1) is 12.7 Å². The van der Waals surface area contributed by atoms with Gasteiger partial charge >= 0.3 is 0 Å². The van der Waals surface area contributed by atoms with Gasteiger partial charge in [0.25, 0.3) is 0 Å². The predicted molar refractivity (Wildman–Crippen MR) is 83.4 cm³/mol. The maximum atomic E-state index is 14.1. The fraction of sp³-hybridized carbons (Fsp3) is 0.647. The second kappa shape index (κ2) is 7.55. The van der Waals surface area contributed by atoms with Crippen molar-refractivity contribution in [2.24, 2.45) is 5.92 Å². The predicted octanol–water partition coefficient (Wildman–Crippen LogP) is 2.58. The summed E-state index contributed by atoms with van der Waals surface area (Å²) in [6.07, 6.45) is 1.16. The quantitative estimate of drug-likeness (QED) is 0.871. The van der Waals surface area contributed by atoms with E-state index in [4.69, 9.17) is 9.47 Å². The van der Waals surface area contributed by atoms with Crippen molar-refractivity contribution in [3.05, 3.63) is 29.3 Å². The number of halogens is 2. The first-order valence-corrected chi connectivity index (χ1v) is 7.86. The Kier molecular flexibility index (Phi) is 5.95. The summed E-state index contributed by atoms with van der Waals surface area (Å²) in [5, 5.41) is 10.7. The fourth-order valence-electron chi connectivity index (χ4n) is 3.18. The minimum absolute atomic E-state index is 0.0222. The first-order valence-electron chi connectivity index (χ1n) is 7.86. The third-order valence-corrected chi connectivity index (χ3v) is 4.80. The minimum Gasteiger partial charge on any atom is -0.496 e. The number of piperidine rings is 1. The van der Waals surface area contributed by atoms with Gasteiger partial charge in [-0.05, 0) is 30.9 Å². The van der Waals surface area contributed by atoms with Gasteiger partial charge in [-0.2, -0.15) is 0 Å². The van der Waals surface area contributed by atoms with Gasteiger partial charge in [-0.3, -0.25) is 4.90 Å². The van der Waals surface area contributed by atoms with Crippen LogP contribution in [-0.4, -0.2) is 49.5 Å². The molecule has 1 fully saturated rings. The molecule has 0 aliphatic carbocycles. The van der Waals surface area contributed by atoms with Gasteiger partial charge in [-0.25, -0.2) is 8.78 Å². The summed E-state index contributed by atoms with van der Waals surface area (Å²) >= 11 is 0. The minimum atomic E-state index is -0.873. The van der Waals surface area contributed by atoms with Crippen LogP contribution in [0.1, 0.15) is 25.3 Å². The number of benzene rings is 1. The number of rotatable bonds is 6. The van der Waals surface area contributed by atoms with Crippen molar-refractivity contribution in [2.75, 3.05) is 33.9 Å². The second-order valence-electron chi connectivity index (χ2n) is 6.27. The van der Waals surface area contributed by atoms with Crippen molar-refractivity contribution >= 4 is 0 Å². The molecular weight excluding hydrogens is 304 g/mol. The Bertz CT molecular complexity index is 541. The van der Waals surface area contributed by atoms with E-state index in [2.05, 4.69) is 0 Å². The number of nitrogens with zero attached hydrogens (tertiary/aromatic N) is 1. The molecule has 1 heterocycles. The van der Waals surface area contributed by atoms with E-state index in [-0.39, 0.29) is 18.0 Å². The standard InChI is InChI=1S/C17H25F2NO3/c1-12-10-20(8-6-17(12,21)7-9-22-2)11-13-15(23-3)5-4-14(18)16(13)19/h4-5,12,21H,6-11H2,1-3H3/t12-,17-/m1/s1. The number of methoxy groups -OCH3 is 2. The first kappa shape index (κ1) is 18.1. The molecule has 1 N–H and O–H groups in total. The molecule has 0 spiro atoms. The zero-order chi connectivity index (χ0) is 17.0. The van der Waals surface area contributed by atoms with E-state index < -0.39 is 17.2 Å². The number of hydrogen-bond donors (Lipinski definition) is 1. The van der Waals surface area contributed by atoms with Crippen LogP contribution in [0.2, 0.25) is 0 Å². The molecule has 130 valence electrons. The van der Waals surface area contributed by atoms with Crippen LogP contribution >= 0.6 is 0 Å². The third-order valence-electron chi connectivity index (χ3n) is 4.80. The van der Waals surface area contributed by atoms with E-state index in [1.54, 1.807) is 7.11 Å². The summed E-state index contributed by atoms with van der Waals surface area (Å²) in [6.45, 7) is 3.97. The first-order chi connectivity index (χ1) is 10.9. The van der Waals surface area contributed by atoms with Crippen LogP contribution < -0.4 is 4.74 Å². The molecule has 1 saturated heterocycles. The summed E-state index contributed by atoms with van der Waals surface area (Å²) in [7, 11) is 3.06. The molecule has 2 rings (SSSR count). The lowest BCUT2D eigenvalue weighted by Crippen LogP contribution is -2.51. The summed E-state index contributed by atoms with van der Waals surface area (Å²) in [6, 6.07) is 2.51.